The van der Waals surface area contributed by atoms with Gasteiger partial charge in [-0.25, -0.2) is 4.39 Å². The molecule has 1 saturated heterocycles. The minimum Gasteiger partial charge on any atom is -0.378 e. The van der Waals surface area contributed by atoms with Crippen LogP contribution < -0.4 is 10.2 Å². The normalized spacial score (nSPS) is 14.9. The van der Waals surface area contributed by atoms with Crippen LogP contribution in [0.4, 0.5) is 10.1 Å². The van der Waals surface area contributed by atoms with Crippen LogP contribution in [0.25, 0.3) is 0 Å². The molecule has 20 heavy (non-hydrogen) atoms. The Morgan fingerprint density at radius 2 is 2.20 bits per heavy atom. The number of nitrogens with one attached hydrogen (secondary N) is 1. The minimum atomic E-state index is -0.223. The highest BCUT2D eigenvalue weighted by atomic mass is 19.1. The number of ether oxygens (including phenoxy) is 1. The zero-order valence-electron chi connectivity index (χ0n) is 11.4. The van der Waals surface area contributed by atoms with E-state index in [4.69, 9.17) is 4.74 Å². The Kier molecular flexibility index (Phi) is 5.12. The van der Waals surface area contributed by atoms with Gasteiger partial charge >= 0.3 is 0 Å². The quantitative estimate of drug-likeness (QED) is 0.830. The molecule has 108 valence electrons. The average molecular weight is 278 g/mol. The Balaban J connectivity index is 1.94. The van der Waals surface area contributed by atoms with Gasteiger partial charge in [0.15, 0.2) is 0 Å². The maximum Gasteiger partial charge on any atom is 0.243 e. The van der Waals surface area contributed by atoms with Crippen molar-refractivity contribution in [2.24, 2.45) is 0 Å². The van der Waals surface area contributed by atoms with Crippen molar-refractivity contribution in [3.8, 4) is 0 Å². The van der Waals surface area contributed by atoms with Crippen LogP contribution in [-0.4, -0.2) is 38.8 Å². The second kappa shape index (κ2) is 7.05. The molecule has 2 rings (SSSR count). The maximum atomic E-state index is 14.1. The van der Waals surface area contributed by atoms with Gasteiger partial charge in [-0.2, -0.15) is 0 Å². The van der Waals surface area contributed by atoms with Crippen molar-refractivity contribution in [3.05, 3.63) is 42.2 Å². The molecule has 1 aromatic carbocycles. The zero-order chi connectivity index (χ0) is 14.4. The van der Waals surface area contributed by atoms with Crippen LogP contribution in [0, 0.1) is 5.82 Å². The van der Waals surface area contributed by atoms with Gasteiger partial charge < -0.3 is 15.0 Å². The van der Waals surface area contributed by atoms with Crippen LogP contribution >= 0.6 is 0 Å². The topological polar surface area (TPSA) is 41.6 Å². The van der Waals surface area contributed by atoms with Gasteiger partial charge in [0.25, 0.3) is 0 Å². The fourth-order valence-electron chi connectivity index (χ4n) is 2.17. The van der Waals surface area contributed by atoms with Gasteiger partial charge in [-0.05, 0) is 30.2 Å². The van der Waals surface area contributed by atoms with E-state index in [0.29, 0.717) is 45.0 Å². The van der Waals surface area contributed by atoms with Crippen LogP contribution in [0.15, 0.2) is 30.9 Å². The summed E-state index contributed by atoms with van der Waals surface area (Å²) in [4.78, 5) is 13.0. The Hall–Kier alpha value is -1.88. The largest absolute Gasteiger partial charge is 0.378 e. The average Bonchev–Trinajstić information content (AvgIpc) is 2.48. The first-order valence-electron chi connectivity index (χ1n) is 6.72. The maximum absolute atomic E-state index is 14.1. The summed E-state index contributed by atoms with van der Waals surface area (Å²) in [5.41, 5.74) is 1.48. The molecule has 4 nitrogen and oxygen atoms in total. The summed E-state index contributed by atoms with van der Waals surface area (Å²) >= 11 is 0. The van der Waals surface area contributed by atoms with Crippen LogP contribution in [0.3, 0.4) is 0 Å². The third-order valence-corrected chi connectivity index (χ3v) is 3.26. The smallest absolute Gasteiger partial charge is 0.243 e. The third-order valence-electron chi connectivity index (χ3n) is 3.26. The summed E-state index contributed by atoms with van der Waals surface area (Å²) in [6, 6.07) is 5.23. The molecular formula is C15H19FN2O2. The number of nitrogens with zero attached hydrogens (tertiary/aromatic N) is 1. The first kappa shape index (κ1) is 14.5. The third kappa shape index (κ3) is 3.81. The molecule has 1 fully saturated rings. The van der Waals surface area contributed by atoms with Gasteiger partial charge in [-0.1, -0.05) is 12.6 Å². The van der Waals surface area contributed by atoms with Gasteiger partial charge in [-0.15, -0.1) is 0 Å². The van der Waals surface area contributed by atoms with Gasteiger partial charge in [0.05, 0.1) is 18.9 Å². The number of carbonyl (C=O) groups excluding carboxylic acids is 1. The molecule has 1 aliphatic rings. The van der Waals surface area contributed by atoms with Gasteiger partial charge in [0, 0.05) is 19.6 Å². The highest BCUT2D eigenvalue weighted by molar-refractivity contribution is 5.86. The van der Waals surface area contributed by atoms with E-state index >= 15 is 0 Å². The lowest BCUT2D eigenvalue weighted by atomic mass is 10.1. The van der Waals surface area contributed by atoms with E-state index in [-0.39, 0.29) is 11.7 Å². The predicted molar refractivity (Wildman–Crippen MR) is 76.3 cm³/mol. The summed E-state index contributed by atoms with van der Waals surface area (Å²) in [6.07, 6.45) is 1.82. The number of morpholine rings is 1. The number of rotatable bonds is 5. The number of benzene rings is 1. The summed E-state index contributed by atoms with van der Waals surface area (Å²) < 4.78 is 19.4. The molecule has 0 saturated carbocycles. The number of carbonyl (C=O) groups is 1. The standard InChI is InChI=1S/C15H19FN2O2/c1-2-15(19)17-6-5-12-3-4-14(13(16)11-12)18-7-9-20-10-8-18/h2-4,11H,1,5-10H2,(H,17,19). The molecule has 1 N–H and O–H groups in total. The second-order valence-corrected chi connectivity index (χ2v) is 4.63. The van der Waals surface area contributed by atoms with Crippen molar-refractivity contribution in [2.75, 3.05) is 37.7 Å². The Labute approximate surface area is 118 Å². The molecule has 0 radical (unpaired) electrons. The SMILES string of the molecule is C=CC(=O)NCCc1ccc(N2CCOCC2)c(F)c1. The van der Waals surface area contributed by atoms with Gasteiger partial charge in [0.1, 0.15) is 5.82 Å². The number of halogens is 1. The summed E-state index contributed by atoms with van der Waals surface area (Å²) in [6.45, 7) is 6.54. The molecule has 0 unspecified atom stereocenters. The summed E-state index contributed by atoms with van der Waals surface area (Å²) in [5, 5.41) is 2.67. The van der Waals surface area contributed by atoms with E-state index in [2.05, 4.69) is 11.9 Å². The zero-order valence-corrected chi connectivity index (χ0v) is 11.4. The number of hydrogen-bond donors (Lipinski definition) is 1. The molecular weight excluding hydrogens is 259 g/mol. The summed E-state index contributed by atoms with van der Waals surface area (Å²) in [5.74, 6) is -0.435. The first-order chi connectivity index (χ1) is 9.70. The molecule has 1 aliphatic heterocycles. The van der Waals surface area contributed by atoms with Crippen molar-refractivity contribution in [1.82, 2.24) is 5.32 Å². The first-order valence-corrected chi connectivity index (χ1v) is 6.72. The molecule has 1 amide bonds. The fraction of sp³-hybridized carbons (Fsp3) is 0.400. The predicted octanol–water partition coefficient (Wildman–Crippen LogP) is 1.51. The lowest BCUT2D eigenvalue weighted by Crippen LogP contribution is -2.36. The Morgan fingerprint density at radius 3 is 2.85 bits per heavy atom. The Bertz CT molecular complexity index is 485. The lowest BCUT2D eigenvalue weighted by Gasteiger charge is -2.29. The number of amides is 1. The fourth-order valence-corrected chi connectivity index (χ4v) is 2.17. The minimum absolute atomic E-state index is 0.213. The summed E-state index contributed by atoms with van der Waals surface area (Å²) in [7, 11) is 0. The van der Waals surface area contributed by atoms with E-state index in [0.717, 1.165) is 5.56 Å². The van der Waals surface area contributed by atoms with Crippen LogP contribution in [0.5, 0.6) is 0 Å². The van der Waals surface area contributed by atoms with Gasteiger partial charge in [0.2, 0.25) is 5.91 Å². The Morgan fingerprint density at radius 1 is 1.45 bits per heavy atom. The van der Waals surface area contributed by atoms with Crippen LogP contribution in [0.2, 0.25) is 0 Å². The van der Waals surface area contributed by atoms with Crippen molar-refractivity contribution in [1.29, 1.82) is 0 Å². The van der Waals surface area contributed by atoms with E-state index in [1.165, 1.54) is 12.1 Å². The van der Waals surface area contributed by atoms with E-state index < -0.39 is 0 Å². The molecule has 5 heteroatoms. The monoisotopic (exact) mass is 278 g/mol. The molecule has 0 bridgehead atoms. The molecule has 0 aliphatic carbocycles. The molecule has 1 heterocycles. The van der Waals surface area contributed by atoms with E-state index in [1.807, 2.05) is 11.0 Å². The second-order valence-electron chi connectivity index (χ2n) is 4.63. The van der Waals surface area contributed by atoms with Crippen LogP contribution in [0.1, 0.15) is 5.56 Å². The van der Waals surface area contributed by atoms with Gasteiger partial charge in [-0.3, -0.25) is 4.79 Å². The number of hydrogen-bond acceptors (Lipinski definition) is 3. The van der Waals surface area contributed by atoms with Crippen molar-refractivity contribution in [2.45, 2.75) is 6.42 Å². The van der Waals surface area contributed by atoms with Crippen LogP contribution in [-0.2, 0) is 16.0 Å². The molecule has 0 atom stereocenters. The lowest BCUT2D eigenvalue weighted by molar-refractivity contribution is -0.116. The molecule has 1 aromatic rings. The van der Waals surface area contributed by atoms with Crippen molar-refractivity contribution >= 4 is 11.6 Å². The number of anilines is 1. The molecule has 0 aromatic heterocycles. The van der Waals surface area contributed by atoms with E-state index in [1.54, 1.807) is 6.07 Å². The highest BCUT2D eigenvalue weighted by Gasteiger charge is 2.15. The van der Waals surface area contributed by atoms with Crippen molar-refractivity contribution < 1.29 is 13.9 Å². The molecule has 0 spiro atoms. The highest BCUT2D eigenvalue weighted by Crippen LogP contribution is 2.21. The van der Waals surface area contributed by atoms with Crippen molar-refractivity contribution in [3.63, 3.8) is 0 Å². The van der Waals surface area contributed by atoms with E-state index in [9.17, 15) is 9.18 Å².